The standard InChI is InChI=1S/C27H34BrNO3/c1-6-7-10-32-22-9-8-16(28)11-17(22)23-24-18(12-26(2,3)14-20(24)30)29-19-13-27(4,5)15-21(31)25(19)23/h8-9,11,23,29H,6-7,10,12-15H2,1-5H3. The minimum absolute atomic E-state index is 0.0998. The topological polar surface area (TPSA) is 55.4 Å². The van der Waals surface area contributed by atoms with Gasteiger partial charge >= 0.3 is 0 Å². The van der Waals surface area contributed by atoms with Gasteiger partial charge in [0.2, 0.25) is 0 Å². The average Bonchev–Trinajstić information content (AvgIpc) is 2.65. The van der Waals surface area contributed by atoms with E-state index >= 15 is 0 Å². The fourth-order valence-electron chi connectivity index (χ4n) is 5.40. The van der Waals surface area contributed by atoms with Gasteiger partial charge in [-0.25, -0.2) is 0 Å². The number of benzene rings is 1. The fraction of sp³-hybridized carbons (Fsp3) is 0.556. The molecule has 4 rings (SSSR count). The molecule has 172 valence electrons. The summed E-state index contributed by atoms with van der Waals surface area (Å²) < 4.78 is 7.11. The summed E-state index contributed by atoms with van der Waals surface area (Å²) in [4.78, 5) is 27.0. The monoisotopic (exact) mass is 499 g/mol. The van der Waals surface area contributed by atoms with Crippen molar-refractivity contribution in [2.45, 2.75) is 79.1 Å². The minimum Gasteiger partial charge on any atom is -0.493 e. The predicted octanol–water partition coefficient (Wildman–Crippen LogP) is 6.60. The van der Waals surface area contributed by atoms with Gasteiger partial charge in [-0.2, -0.15) is 0 Å². The molecule has 0 saturated carbocycles. The van der Waals surface area contributed by atoms with E-state index in [4.69, 9.17) is 4.74 Å². The summed E-state index contributed by atoms with van der Waals surface area (Å²) in [6.07, 6.45) is 4.60. The minimum atomic E-state index is -0.373. The third kappa shape index (κ3) is 4.46. The van der Waals surface area contributed by atoms with Crippen molar-refractivity contribution in [1.29, 1.82) is 0 Å². The summed E-state index contributed by atoms with van der Waals surface area (Å²) in [5.41, 5.74) is 4.21. The Hall–Kier alpha value is -1.88. The number of halogens is 1. The van der Waals surface area contributed by atoms with Crippen LogP contribution in [0.2, 0.25) is 0 Å². The molecule has 4 nitrogen and oxygen atoms in total. The summed E-state index contributed by atoms with van der Waals surface area (Å²) in [6, 6.07) is 5.96. The first-order valence-electron chi connectivity index (χ1n) is 11.7. The van der Waals surface area contributed by atoms with E-state index in [2.05, 4.69) is 55.9 Å². The first-order valence-corrected chi connectivity index (χ1v) is 12.5. The fourth-order valence-corrected chi connectivity index (χ4v) is 5.78. The Morgan fingerprint density at radius 2 is 1.53 bits per heavy atom. The van der Waals surface area contributed by atoms with Crippen LogP contribution < -0.4 is 10.1 Å². The summed E-state index contributed by atoms with van der Waals surface area (Å²) >= 11 is 3.61. The van der Waals surface area contributed by atoms with Gasteiger partial charge in [-0.1, -0.05) is 57.0 Å². The number of allylic oxidation sites excluding steroid dienone is 4. The highest BCUT2D eigenvalue weighted by Crippen LogP contribution is 2.52. The Labute approximate surface area is 200 Å². The number of ether oxygens (including phenoxy) is 1. The molecule has 0 radical (unpaired) electrons. The van der Waals surface area contributed by atoms with Gasteiger partial charge in [-0.3, -0.25) is 9.59 Å². The molecule has 0 aromatic heterocycles. The normalized spacial score (nSPS) is 22.4. The molecule has 0 amide bonds. The second-order valence-electron chi connectivity index (χ2n) is 11.1. The van der Waals surface area contributed by atoms with Crippen LogP contribution in [0.25, 0.3) is 0 Å². The predicted molar refractivity (Wildman–Crippen MR) is 131 cm³/mol. The average molecular weight is 500 g/mol. The van der Waals surface area contributed by atoms with Crippen LogP contribution >= 0.6 is 15.9 Å². The van der Waals surface area contributed by atoms with Crippen LogP contribution in [0.1, 0.15) is 84.6 Å². The lowest BCUT2D eigenvalue weighted by molar-refractivity contribution is -0.119. The van der Waals surface area contributed by atoms with E-state index in [0.717, 1.165) is 64.0 Å². The van der Waals surface area contributed by atoms with Crippen LogP contribution in [0.4, 0.5) is 0 Å². The van der Waals surface area contributed by atoms with Crippen molar-refractivity contribution in [2.75, 3.05) is 6.61 Å². The zero-order valence-electron chi connectivity index (χ0n) is 19.9. The van der Waals surface area contributed by atoms with E-state index < -0.39 is 0 Å². The Bertz CT molecular complexity index is 979. The Kier molecular flexibility index (Phi) is 6.17. The largest absolute Gasteiger partial charge is 0.493 e. The van der Waals surface area contributed by atoms with Crippen LogP contribution in [-0.2, 0) is 9.59 Å². The van der Waals surface area contributed by atoms with Gasteiger partial charge in [0.05, 0.1) is 6.61 Å². The van der Waals surface area contributed by atoms with E-state index in [0.29, 0.717) is 19.4 Å². The third-order valence-corrected chi connectivity index (χ3v) is 7.25. The van der Waals surface area contributed by atoms with Crippen molar-refractivity contribution in [1.82, 2.24) is 5.32 Å². The van der Waals surface area contributed by atoms with E-state index in [9.17, 15) is 9.59 Å². The Morgan fingerprint density at radius 1 is 0.969 bits per heavy atom. The van der Waals surface area contributed by atoms with Crippen LogP contribution in [0.5, 0.6) is 5.75 Å². The van der Waals surface area contributed by atoms with Crippen molar-refractivity contribution in [3.8, 4) is 5.75 Å². The SMILES string of the molecule is CCCCOc1ccc(Br)cc1C1C2=C(CC(C)(C)CC2=O)NC2=C1C(=O)CC(C)(C)C2. The first kappa shape index (κ1) is 23.3. The quantitative estimate of drug-likeness (QED) is 0.463. The van der Waals surface area contributed by atoms with Crippen molar-refractivity contribution < 1.29 is 14.3 Å². The van der Waals surface area contributed by atoms with Gasteiger partial charge < -0.3 is 10.1 Å². The molecule has 0 bridgehead atoms. The summed E-state index contributed by atoms with van der Waals surface area (Å²) in [5, 5.41) is 3.58. The molecule has 0 fully saturated rings. The van der Waals surface area contributed by atoms with Crippen molar-refractivity contribution in [3.05, 3.63) is 50.8 Å². The van der Waals surface area contributed by atoms with Gasteiger partial charge in [0.25, 0.3) is 0 Å². The second kappa shape index (κ2) is 8.48. The number of carbonyl (C=O) groups excluding carboxylic acids is 2. The highest BCUT2D eigenvalue weighted by atomic mass is 79.9. The molecular formula is C27H34BrNO3. The number of ketones is 2. The highest BCUT2D eigenvalue weighted by Gasteiger charge is 2.47. The van der Waals surface area contributed by atoms with Crippen LogP contribution in [0.3, 0.4) is 0 Å². The molecule has 1 aromatic rings. The maximum Gasteiger partial charge on any atom is 0.162 e. The van der Waals surface area contributed by atoms with Crippen LogP contribution in [0, 0.1) is 10.8 Å². The number of hydrogen-bond acceptors (Lipinski definition) is 4. The lowest BCUT2D eigenvalue weighted by Gasteiger charge is -2.44. The number of rotatable bonds is 5. The smallest absolute Gasteiger partial charge is 0.162 e. The molecule has 0 spiro atoms. The van der Waals surface area contributed by atoms with Gasteiger partial charge in [0.15, 0.2) is 11.6 Å². The number of carbonyl (C=O) groups is 2. The zero-order chi connectivity index (χ0) is 23.3. The van der Waals surface area contributed by atoms with Crippen molar-refractivity contribution in [2.24, 2.45) is 10.8 Å². The zero-order valence-corrected chi connectivity index (χ0v) is 21.4. The molecule has 1 N–H and O–H groups in total. The van der Waals surface area contributed by atoms with Crippen molar-refractivity contribution >= 4 is 27.5 Å². The molecule has 1 aromatic carbocycles. The lowest BCUT2D eigenvalue weighted by atomic mass is 9.64. The van der Waals surface area contributed by atoms with E-state index in [1.807, 2.05) is 18.2 Å². The second-order valence-corrected chi connectivity index (χ2v) is 12.0. The van der Waals surface area contributed by atoms with E-state index in [-0.39, 0.29) is 28.3 Å². The molecule has 0 atom stereocenters. The molecule has 2 aliphatic carbocycles. The van der Waals surface area contributed by atoms with Gasteiger partial charge in [0.1, 0.15) is 5.75 Å². The molecule has 1 heterocycles. The molecule has 32 heavy (non-hydrogen) atoms. The van der Waals surface area contributed by atoms with E-state index in [1.54, 1.807) is 0 Å². The summed E-state index contributed by atoms with van der Waals surface area (Å²) in [6.45, 7) is 11.3. The number of dihydropyridines is 1. The van der Waals surface area contributed by atoms with Crippen LogP contribution in [-0.4, -0.2) is 18.2 Å². The molecular weight excluding hydrogens is 466 g/mol. The molecule has 0 saturated heterocycles. The number of hydrogen-bond donors (Lipinski definition) is 1. The molecule has 1 aliphatic heterocycles. The van der Waals surface area contributed by atoms with E-state index in [1.165, 1.54) is 0 Å². The number of nitrogens with one attached hydrogen (secondary N) is 1. The number of Topliss-reactive ketones (excluding diaryl/α,β-unsaturated/α-hetero) is 2. The number of unbranched alkanes of at least 4 members (excludes halogenated alkanes) is 1. The third-order valence-electron chi connectivity index (χ3n) is 6.76. The summed E-state index contributed by atoms with van der Waals surface area (Å²) in [7, 11) is 0. The Morgan fingerprint density at radius 3 is 2.06 bits per heavy atom. The van der Waals surface area contributed by atoms with Gasteiger partial charge in [-0.15, -0.1) is 0 Å². The maximum atomic E-state index is 13.5. The highest BCUT2D eigenvalue weighted by molar-refractivity contribution is 9.10. The lowest BCUT2D eigenvalue weighted by Crippen LogP contribution is -2.42. The van der Waals surface area contributed by atoms with Gasteiger partial charge in [-0.05, 0) is 48.3 Å². The molecule has 3 aliphatic rings. The molecule has 0 unspecified atom stereocenters. The first-order chi connectivity index (χ1) is 15.0. The Balaban J connectivity index is 1.90. The molecule has 5 heteroatoms. The van der Waals surface area contributed by atoms with Crippen LogP contribution in [0.15, 0.2) is 45.2 Å². The summed E-state index contributed by atoms with van der Waals surface area (Å²) in [5.74, 6) is 0.667. The van der Waals surface area contributed by atoms with Gasteiger partial charge in [0, 0.05) is 51.3 Å². The van der Waals surface area contributed by atoms with Crippen molar-refractivity contribution in [3.63, 3.8) is 0 Å². The maximum absolute atomic E-state index is 13.5.